The fraction of sp³-hybridized carbons (Fsp3) is 0.947. The Labute approximate surface area is 276 Å². The van der Waals surface area contributed by atoms with Gasteiger partial charge in [0, 0.05) is 0 Å². The van der Waals surface area contributed by atoms with Crippen molar-refractivity contribution >= 4 is 36.8 Å². The molecule has 0 rings (SSSR count). The zero-order valence-corrected chi connectivity index (χ0v) is 37.7. The molecule has 0 aliphatic rings. The van der Waals surface area contributed by atoms with Crippen molar-refractivity contribution in [2.24, 2.45) is 0 Å². The first-order valence-electron chi connectivity index (χ1n) is 18.7. The van der Waals surface area contributed by atoms with Crippen LogP contribution < -0.4 is 0 Å². The fourth-order valence-electron chi connectivity index (χ4n) is 9.30. The molecular formula is C38H80N2Sn2. The number of hydrogen-bond donors (Lipinski definition) is 0. The fourth-order valence-corrected chi connectivity index (χ4v) is 49.9. The van der Waals surface area contributed by atoms with Crippen LogP contribution in [0.15, 0.2) is 0 Å². The van der Waals surface area contributed by atoms with Crippen molar-refractivity contribution in [3.63, 3.8) is 0 Å². The first-order valence-corrected chi connectivity index (χ1v) is 31.9. The molecule has 2 atom stereocenters. The zero-order valence-electron chi connectivity index (χ0n) is 32.0. The van der Waals surface area contributed by atoms with Crippen molar-refractivity contribution < 1.29 is 0 Å². The van der Waals surface area contributed by atoms with Crippen LogP contribution >= 0.6 is 0 Å². The molecule has 0 fully saturated rings. The quantitative estimate of drug-likeness (QED) is 0.0795. The van der Waals surface area contributed by atoms with Gasteiger partial charge in [0.25, 0.3) is 0 Å². The van der Waals surface area contributed by atoms with Crippen molar-refractivity contribution in [3.05, 3.63) is 0 Å². The van der Waals surface area contributed by atoms with E-state index in [-0.39, 0.29) is 0 Å². The standard InChI is InChI=1S/C20H38N2.6C3H7.2Sn/c1-5-9-15-21(16-10-6-2)19-13-14-20-22(17-11-7-3)18-12-8-4;6*1-3-2;;/h19-20H,5-12,15-18H2,1-4H3;6*3H,1-2H3;;. The summed E-state index contributed by atoms with van der Waals surface area (Å²) in [6.45, 7) is 45.5. The van der Waals surface area contributed by atoms with E-state index in [1.165, 1.54) is 77.5 Å². The molecule has 4 heteroatoms. The van der Waals surface area contributed by atoms with Crippen molar-refractivity contribution in [2.45, 2.75) is 194 Å². The molecule has 0 radical (unpaired) electrons. The van der Waals surface area contributed by atoms with Gasteiger partial charge in [0.1, 0.15) is 0 Å². The molecule has 0 saturated carbocycles. The Kier molecular flexibility index (Phi) is 22.4. The molecule has 0 saturated heterocycles. The van der Waals surface area contributed by atoms with Gasteiger partial charge in [-0.05, 0) is 0 Å². The van der Waals surface area contributed by atoms with Crippen molar-refractivity contribution in [1.82, 2.24) is 9.80 Å². The summed E-state index contributed by atoms with van der Waals surface area (Å²) in [7, 11) is 0. The summed E-state index contributed by atoms with van der Waals surface area (Å²) in [5.41, 5.74) is 0. The molecule has 250 valence electrons. The van der Waals surface area contributed by atoms with Crippen molar-refractivity contribution in [1.29, 1.82) is 0 Å². The van der Waals surface area contributed by atoms with Gasteiger partial charge in [0.15, 0.2) is 0 Å². The second kappa shape index (κ2) is 21.8. The third-order valence-electron chi connectivity index (χ3n) is 11.2. The molecule has 0 aromatic rings. The maximum atomic E-state index is 4.41. The molecule has 0 aromatic carbocycles. The first kappa shape index (κ1) is 43.1. The normalized spacial score (nSPS) is 14.8. The van der Waals surface area contributed by atoms with Gasteiger partial charge >= 0.3 is 278 Å². The third-order valence-corrected chi connectivity index (χ3v) is 53.8. The zero-order chi connectivity index (χ0) is 32.7. The molecule has 0 amide bonds. The van der Waals surface area contributed by atoms with Crippen LogP contribution in [0.3, 0.4) is 0 Å². The number of rotatable bonds is 22. The van der Waals surface area contributed by atoms with Crippen LogP contribution in [-0.4, -0.2) is 80.8 Å². The van der Waals surface area contributed by atoms with Gasteiger partial charge in [-0.25, -0.2) is 0 Å². The second-order valence-electron chi connectivity index (χ2n) is 15.5. The van der Waals surface area contributed by atoms with E-state index in [1.54, 1.807) is 0 Å². The predicted octanol–water partition coefficient (Wildman–Crippen LogP) is 12.0. The summed E-state index contributed by atoms with van der Waals surface area (Å²) in [5.74, 6) is 8.81. The van der Waals surface area contributed by atoms with Crippen molar-refractivity contribution in [2.75, 3.05) is 26.2 Å². The molecule has 0 spiro atoms. The van der Waals surface area contributed by atoms with E-state index < -0.39 is 36.8 Å². The van der Waals surface area contributed by atoms with Gasteiger partial charge in [-0.3, -0.25) is 0 Å². The van der Waals surface area contributed by atoms with Crippen LogP contribution in [0.1, 0.15) is 162 Å². The molecule has 0 bridgehead atoms. The van der Waals surface area contributed by atoms with Crippen LogP contribution in [-0.2, 0) is 0 Å². The molecule has 2 nitrogen and oxygen atoms in total. The second-order valence-corrected chi connectivity index (χ2v) is 49.8. The van der Waals surface area contributed by atoms with Crippen LogP contribution in [0.5, 0.6) is 0 Å². The van der Waals surface area contributed by atoms with Crippen LogP contribution in [0.25, 0.3) is 0 Å². The summed E-state index contributed by atoms with van der Waals surface area (Å²) >= 11 is -5.77. The topological polar surface area (TPSA) is 6.48 Å². The van der Waals surface area contributed by atoms with Crippen molar-refractivity contribution in [3.8, 4) is 11.8 Å². The van der Waals surface area contributed by atoms with Gasteiger partial charge in [-0.2, -0.15) is 0 Å². The molecule has 0 aromatic heterocycles. The van der Waals surface area contributed by atoms with Gasteiger partial charge in [-0.15, -0.1) is 0 Å². The Morgan fingerprint density at radius 1 is 0.381 bits per heavy atom. The van der Waals surface area contributed by atoms with Crippen LogP contribution in [0.4, 0.5) is 0 Å². The minimum absolute atomic E-state index is 0.509. The molecule has 42 heavy (non-hydrogen) atoms. The van der Waals surface area contributed by atoms with E-state index in [2.05, 4.69) is 132 Å². The number of nitrogens with zero attached hydrogens (tertiary/aromatic N) is 2. The average Bonchev–Trinajstić information content (AvgIpc) is 2.89. The average molecular weight is 802 g/mol. The molecule has 0 aliphatic carbocycles. The van der Waals surface area contributed by atoms with Crippen LogP contribution in [0.2, 0.25) is 23.6 Å². The summed E-state index contributed by atoms with van der Waals surface area (Å²) in [4.78, 5) is 5.93. The maximum absolute atomic E-state index is 4.41. The van der Waals surface area contributed by atoms with E-state index in [0.29, 0.717) is 8.12 Å². The van der Waals surface area contributed by atoms with E-state index in [4.69, 9.17) is 0 Å². The molecule has 0 aliphatic heterocycles. The first-order chi connectivity index (χ1) is 19.7. The van der Waals surface area contributed by atoms with Gasteiger partial charge in [0.05, 0.1) is 0 Å². The van der Waals surface area contributed by atoms with E-state index >= 15 is 0 Å². The number of hydrogen-bond acceptors (Lipinski definition) is 2. The molecule has 2 unspecified atom stereocenters. The Bertz CT molecular complexity index is 626. The Morgan fingerprint density at radius 3 is 0.714 bits per heavy atom. The minimum atomic E-state index is -2.89. The summed E-state index contributed by atoms with van der Waals surface area (Å²) < 4.78 is 5.73. The van der Waals surface area contributed by atoms with E-state index in [9.17, 15) is 0 Å². The van der Waals surface area contributed by atoms with Gasteiger partial charge in [-0.1, -0.05) is 0 Å². The molecular weight excluding hydrogens is 722 g/mol. The van der Waals surface area contributed by atoms with E-state index in [1.807, 2.05) is 0 Å². The predicted molar refractivity (Wildman–Crippen MR) is 200 cm³/mol. The monoisotopic (exact) mass is 804 g/mol. The van der Waals surface area contributed by atoms with Gasteiger partial charge in [0.2, 0.25) is 0 Å². The SMILES string of the molecule is CCCCN(CCCC)[CH](C#C[CH](N(CCCC)CCCC)[Sn]([CH](C)C)([CH](C)C)[CH](C)C)[Sn]([CH](C)C)([CH](C)C)[CH](C)C. The van der Waals surface area contributed by atoms with Crippen LogP contribution in [0, 0.1) is 11.8 Å². The van der Waals surface area contributed by atoms with E-state index in [0.717, 1.165) is 23.6 Å². The Hall–Kier alpha value is 1.08. The Balaban J connectivity index is 7.80. The Morgan fingerprint density at radius 2 is 0.571 bits per heavy atom. The van der Waals surface area contributed by atoms with Gasteiger partial charge < -0.3 is 0 Å². The third kappa shape index (κ3) is 10.8. The molecule has 0 N–H and O–H groups in total. The summed E-state index contributed by atoms with van der Waals surface area (Å²) in [5, 5.41) is 0. The summed E-state index contributed by atoms with van der Waals surface area (Å²) in [6, 6.07) is 0. The molecule has 0 heterocycles. The summed E-state index contributed by atoms with van der Waals surface area (Å²) in [6.07, 6.45) is 10.3. The number of unbranched alkanes of at least 4 members (excludes halogenated alkanes) is 4.